The molecule has 0 unspecified atom stereocenters. The third kappa shape index (κ3) is 3.52. The van der Waals surface area contributed by atoms with Crippen LogP contribution in [0.2, 0.25) is 0 Å². The predicted octanol–water partition coefficient (Wildman–Crippen LogP) is 1.65. The molecular weight excluding hydrogens is 330 g/mol. The number of nitrogens with zero attached hydrogens (tertiary/aromatic N) is 2. The summed E-state index contributed by atoms with van der Waals surface area (Å²) in [4.78, 5) is 35.3. The second-order valence-corrected chi connectivity index (χ2v) is 6.62. The molecule has 3 N–H and O–H groups in total. The van der Waals surface area contributed by atoms with E-state index in [0.29, 0.717) is 11.7 Å². The van der Waals surface area contributed by atoms with Gasteiger partial charge in [-0.3, -0.25) is 9.78 Å². The van der Waals surface area contributed by atoms with Crippen LogP contribution in [0, 0.1) is 0 Å². The molecule has 0 saturated carbocycles. The number of hydrogen-bond acceptors (Lipinski definition) is 4. The van der Waals surface area contributed by atoms with Crippen molar-refractivity contribution >= 4 is 16.9 Å². The van der Waals surface area contributed by atoms with E-state index in [0.717, 1.165) is 49.1 Å². The summed E-state index contributed by atoms with van der Waals surface area (Å²) < 4.78 is 0. The molecule has 26 heavy (non-hydrogen) atoms. The largest absolute Gasteiger partial charge is 0.337 e. The summed E-state index contributed by atoms with van der Waals surface area (Å²) in [5.74, 6) is 0.00548. The lowest BCUT2D eigenvalue weighted by Gasteiger charge is -2.32. The Labute approximate surface area is 150 Å². The van der Waals surface area contributed by atoms with Crippen molar-refractivity contribution in [3.05, 3.63) is 64.3 Å². The molecule has 4 rings (SSSR count). The van der Waals surface area contributed by atoms with E-state index < -0.39 is 0 Å². The Balaban J connectivity index is 1.30. The van der Waals surface area contributed by atoms with Gasteiger partial charge in [-0.05, 0) is 42.7 Å². The molecule has 1 aliphatic rings. The molecule has 0 atom stereocenters. The Hall–Kier alpha value is -2.93. The van der Waals surface area contributed by atoms with Crippen molar-refractivity contribution in [2.75, 3.05) is 13.1 Å². The van der Waals surface area contributed by atoms with Crippen LogP contribution in [0.1, 0.15) is 28.9 Å². The van der Waals surface area contributed by atoms with Crippen molar-refractivity contribution in [3.8, 4) is 0 Å². The molecule has 7 nitrogen and oxygen atoms in total. The number of hydrogen-bond donors (Lipinski definition) is 3. The van der Waals surface area contributed by atoms with E-state index in [1.54, 1.807) is 12.3 Å². The molecular formula is C19H21N5O2. The van der Waals surface area contributed by atoms with E-state index in [9.17, 15) is 9.59 Å². The number of amides is 1. The van der Waals surface area contributed by atoms with Gasteiger partial charge in [0.15, 0.2) is 0 Å². The van der Waals surface area contributed by atoms with Crippen LogP contribution >= 0.6 is 0 Å². The summed E-state index contributed by atoms with van der Waals surface area (Å²) >= 11 is 0. The lowest BCUT2D eigenvalue weighted by molar-refractivity contribution is 0.0699. The number of aromatic amines is 2. The molecule has 3 aromatic rings. The summed E-state index contributed by atoms with van der Waals surface area (Å²) in [5.41, 5.74) is 3.09. The third-order valence-corrected chi connectivity index (χ3v) is 4.84. The molecule has 0 spiro atoms. The molecule has 1 saturated heterocycles. The van der Waals surface area contributed by atoms with Gasteiger partial charge < -0.3 is 20.2 Å². The number of nitrogens with one attached hydrogen (secondary N) is 3. The number of pyridine rings is 1. The molecule has 0 radical (unpaired) electrons. The zero-order valence-electron chi connectivity index (χ0n) is 14.4. The Morgan fingerprint density at radius 1 is 1.15 bits per heavy atom. The minimum Gasteiger partial charge on any atom is -0.337 e. The molecule has 1 aromatic carbocycles. The van der Waals surface area contributed by atoms with Crippen molar-refractivity contribution < 1.29 is 4.79 Å². The lowest BCUT2D eigenvalue weighted by atomic mass is 10.0. The number of rotatable bonds is 4. The lowest BCUT2D eigenvalue weighted by Crippen LogP contribution is -2.44. The van der Waals surface area contributed by atoms with Crippen LogP contribution in [0.5, 0.6) is 0 Å². The number of piperidine rings is 1. The molecule has 2 aromatic heterocycles. The summed E-state index contributed by atoms with van der Waals surface area (Å²) in [6, 6.07) is 11.7. The number of carbonyl (C=O) groups is 1. The van der Waals surface area contributed by atoms with E-state index in [1.807, 2.05) is 35.2 Å². The van der Waals surface area contributed by atoms with Crippen LogP contribution in [0.3, 0.4) is 0 Å². The Kier molecular flexibility index (Phi) is 4.53. The van der Waals surface area contributed by atoms with Crippen molar-refractivity contribution in [1.29, 1.82) is 0 Å². The standard InChI is InChI=1S/C19H21N5O2/c25-18(16-3-1-2-8-20-16)24-9-6-14(7-10-24)21-12-13-4-5-15-17(11-13)23-19(26)22-15/h1-5,8,11,14,21H,6-7,9-10,12H2,(H2,22,23,26). The van der Waals surface area contributed by atoms with Crippen LogP contribution in [0.15, 0.2) is 47.4 Å². The first-order chi connectivity index (χ1) is 12.7. The van der Waals surface area contributed by atoms with Crippen LogP contribution < -0.4 is 11.0 Å². The van der Waals surface area contributed by atoms with Crippen LogP contribution in [-0.4, -0.2) is 44.9 Å². The van der Waals surface area contributed by atoms with E-state index >= 15 is 0 Å². The van der Waals surface area contributed by atoms with Crippen molar-refractivity contribution in [1.82, 2.24) is 25.2 Å². The number of H-pyrrole nitrogens is 2. The number of aromatic nitrogens is 3. The highest BCUT2D eigenvalue weighted by Crippen LogP contribution is 2.15. The van der Waals surface area contributed by atoms with Gasteiger partial charge in [0.1, 0.15) is 5.69 Å². The number of likely N-dealkylation sites (tertiary alicyclic amines) is 1. The molecule has 1 fully saturated rings. The molecule has 1 amide bonds. The maximum absolute atomic E-state index is 12.4. The van der Waals surface area contributed by atoms with E-state index in [4.69, 9.17) is 0 Å². The zero-order valence-corrected chi connectivity index (χ0v) is 14.4. The summed E-state index contributed by atoms with van der Waals surface area (Å²) in [5, 5.41) is 3.55. The smallest absolute Gasteiger partial charge is 0.323 e. The van der Waals surface area contributed by atoms with Gasteiger partial charge in [0, 0.05) is 31.9 Å². The Morgan fingerprint density at radius 2 is 1.96 bits per heavy atom. The number of fused-ring (bicyclic) bond motifs is 1. The van der Waals surface area contributed by atoms with Gasteiger partial charge in [0.25, 0.3) is 5.91 Å². The van der Waals surface area contributed by atoms with Gasteiger partial charge in [0.2, 0.25) is 0 Å². The highest BCUT2D eigenvalue weighted by molar-refractivity contribution is 5.92. The van der Waals surface area contributed by atoms with Gasteiger partial charge in [-0.15, -0.1) is 0 Å². The van der Waals surface area contributed by atoms with Gasteiger partial charge in [-0.2, -0.15) is 0 Å². The van der Waals surface area contributed by atoms with Crippen molar-refractivity contribution in [3.63, 3.8) is 0 Å². The van der Waals surface area contributed by atoms with Gasteiger partial charge in [0.05, 0.1) is 11.0 Å². The average molecular weight is 351 g/mol. The number of carbonyl (C=O) groups excluding carboxylic acids is 1. The first-order valence-corrected chi connectivity index (χ1v) is 8.84. The SMILES string of the molecule is O=C(c1ccccn1)N1CCC(NCc2ccc3[nH]c(=O)[nH]c3c2)CC1. The third-order valence-electron chi connectivity index (χ3n) is 4.84. The zero-order chi connectivity index (χ0) is 17.9. The summed E-state index contributed by atoms with van der Waals surface area (Å²) in [6.07, 6.45) is 3.49. The normalized spacial score (nSPS) is 15.5. The van der Waals surface area contributed by atoms with E-state index in [2.05, 4.69) is 20.3 Å². The molecule has 1 aliphatic heterocycles. The molecule has 7 heteroatoms. The van der Waals surface area contributed by atoms with Crippen LogP contribution in [0.25, 0.3) is 11.0 Å². The predicted molar refractivity (Wildman–Crippen MR) is 98.9 cm³/mol. The molecule has 134 valence electrons. The van der Waals surface area contributed by atoms with Gasteiger partial charge >= 0.3 is 5.69 Å². The monoisotopic (exact) mass is 351 g/mol. The highest BCUT2D eigenvalue weighted by Gasteiger charge is 2.23. The number of benzene rings is 1. The van der Waals surface area contributed by atoms with Crippen LogP contribution in [-0.2, 0) is 6.54 Å². The topological polar surface area (TPSA) is 93.9 Å². The fraction of sp³-hybridized carbons (Fsp3) is 0.316. The second-order valence-electron chi connectivity index (χ2n) is 6.62. The van der Waals surface area contributed by atoms with E-state index in [1.165, 1.54) is 0 Å². The minimum absolute atomic E-state index is 0.00548. The Morgan fingerprint density at radius 3 is 2.73 bits per heavy atom. The average Bonchev–Trinajstić information content (AvgIpc) is 3.06. The maximum atomic E-state index is 12.4. The number of imidazole rings is 1. The van der Waals surface area contributed by atoms with Crippen molar-refractivity contribution in [2.45, 2.75) is 25.4 Å². The summed E-state index contributed by atoms with van der Waals surface area (Å²) in [6.45, 7) is 2.20. The second kappa shape index (κ2) is 7.13. The van der Waals surface area contributed by atoms with Gasteiger partial charge in [-0.1, -0.05) is 12.1 Å². The molecule has 0 aliphatic carbocycles. The Bertz CT molecular complexity index is 955. The summed E-state index contributed by atoms with van der Waals surface area (Å²) in [7, 11) is 0. The maximum Gasteiger partial charge on any atom is 0.323 e. The highest BCUT2D eigenvalue weighted by atomic mass is 16.2. The fourth-order valence-corrected chi connectivity index (χ4v) is 3.39. The quantitative estimate of drug-likeness (QED) is 0.666. The molecule has 3 heterocycles. The fourth-order valence-electron chi connectivity index (χ4n) is 3.39. The first kappa shape index (κ1) is 16.5. The molecule has 0 bridgehead atoms. The van der Waals surface area contributed by atoms with Gasteiger partial charge in [-0.25, -0.2) is 4.79 Å². The van der Waals surface area contributed by atoms with Crippen molar-refractivity contribution in [2.24, 2.45) is 0 Å². The first-order valence-electron chi connectivity index (χ1n) is 8.84. The van der Waals surface area contributed by atoms with Crippen LogP contribution in [0.4, 0.5) is 0 Å². The minimum atomic E-state index is -0.185. The van der Waals surface area contributed by atoms with E-state index in [-0.39, 0.29) is 11.6 Å².